The topological polar surface area (TPSA) is 71.8 Å². The molecule has 0 spiro atoms. The molecule has 1 aliphatic heterocycles. The van der Waals surface area contributed by atoms with Crippen LogP contribution in [0.15, 0.2) is 46.9 Å². The van der Waals surface area contributed by atoms with Crippen molar-refractivity contribution in [3.05, 3.63) is 53.6 Å². The van der Waals surface area contributed by atoms with E-state index in [0.717, 1.165) is 29.6 Å². The van der Waals surface area contributed by atoms with Crippen LogP contribution in [0.1, 0.15) is 49.0 Å². The zero-order valence-electron chi connectivity index (χ0n) is 18.1. The van der Waals surface area contributed by atoms with Gasteiger partial charge in [-0.25, -0.2) is 4.79 Å². The molecule has 1 aromatic heterocycles. The highest BCUT2D eigenvalue weighted by molar-refractivity contribution is 6.11. The monoisotopic (exact) mass is 420 g/mol. The average Bonchev–Trinajstić information content (AvgIpc) is 3.15. The van der Waals surface area contributed by atoms with Crippen LogP contribution in [-0.4, -0.2) is 36.5 Å². The molecule has 1 fully saturated rings. The van der Waals surface area contributed by atoms with Crippen molar-refractivity contribution in [3.8, 4) is 11.3 Å². The van der Waals surface area contributed by atoms with Gasteiger partial charge in [-0.05, 0) is 44.5 Å². The van der Waals surface area contributed by atoms with Crippen LogP contribution in [0.2, 0.25) is 0 Å². The number of furan rings is 1. The Morgan fingerprint density at radius 1 is 1.10 bits per heavy atom. The van der Waals surface area contributed by atoms with Crippen molar-refractivity contribution >= 4 is 28.5 Å². The third-order valence-corrected chi connectivity index (χ3v) is 5.55. The number of likely N-dealkylation sites (tertiary alicyclic amines) is 1. The number of piperidine rings is 1. The lowest BCUT2D eigenvalue weighted by Crippen LogP contribution is -2.29. The van der Waals surface area contributed by atoms with Crippen molar-refractivity contribution in [2.75, 3.05) is 25.0 Å². The van der Waals surface area contributed by atoms with Crippen molar-refractivity contribution in [2.24, 2.45) is 0 Å². The summed E-state index contributed by atoms with van der Waals surface area (Å²) in [4.78, 5) is 27.2. The Balaban J connectivity index is 1.92. The van der Waals surface area contributed by atoms with Crippen molar-refractivity contribution in [1.82, 2.24) is 4.90 Å². The van der Waals surface area contributed by atoms with E-state index in [2.05, 4.69) is 10.2 Å². The van der Waals surface area contributed by atoms with Gasteiger partial charge < -0.3 is 14.5 Å². The van der Waals surface area contributed by atoms with Crippen molar-refractivity contribution in [3.63, 3.8) is 0 Å². The van der Waals surface area contributed by atoms with Gasteiger partial charge in [-0.15, -0.1) is 0 Å². The molecule has 1 aliphatic rings. The number of hydrogen-bond acceptors (Lipinski definition) is 5. The third kappa shape index (κ3) is 4.64. The maximum atomic E-state index is 13.1. The first kappa shape index (κ1) is 21.1. The Hall–Kier alpha value is -3.12. The lowest BCUT2D eigenvalue weighted by Gasteiger charge is -2.27. The van der Waals surface area contributed by atoms with E-state index in [1.807, 2.05) is 36.4 Å². The third-order valence-electron chi connectivity index (χ3n) is 5.55. The predicted molar refractivity (Wildman–Crippen MR) is 121 cm³/mol. The molecule has 4 rings (SSSR count). The highest BCUT2D eigenvalue weighted by atomic mass is 16.5. The number of ether oxygens (including phenoxy) is 1. The van der Waals surface area contributed by atoms with Gasteiger partial charge in [0.25, 0.3) is 0 Å². The molecule has 1 saturated heterocycles. The number of carbonyl (C=O) groups excluding carboxylic acids is 2. The predicted octanol–water partition coefficient (Wildman–Crippen LogP) is 5.22. The molecule has 3 aromatic rings. The van der Waals surface area contributed by atoms with Gasteiger partial charge in [0, 0.05) is 36.2 Å². The summed E-state index contributed by atoms with van der Waals surface area (Å²) < 4.78 is 11.6. The summed E-state index contributed by atoms with van der Waals surface area (Å²) in [6.07, 6.45) is 3.58. The molecule has 2 heterocycles. The molecule has 0 bridgehead atoms. The summed E-state index contributed by atoms with van der Waals surface area (Å²) >= 11 is 0. The van der Waals surface area contributed by atoms with E-state index in [9.17, 15) is 9.59 Å². The van der Waals surface area contributed by atoms with Gasteiger partial charge >= 0.3 is 5.97 Å². The number of esters is 1. The van der Waals surface area contributed by atoms with Crippen LogP contribution in [-0.2, 0) is 16.1 Å². The minimum atomic E-state index is -0.396. The van der Waals surface area contributed by atoms with Crippen LogP contribution >= 0.6 is 0 Å². The molecule has 0 unspecified atom stereocenters. The molecule has 6 nitrogen and oxygen atoms in total. The zero-order chi connectivity index (χ0) is 21.8. The molecule has 162 valence electrons. The van der Waals surface area contributed by atoms with Crippen LogP contribution in [0.3, 0.4) is 0 Å². The Morgan fingerprint density at radius 3 is 2.52 bits per heavy atom. The Labute approximate surface area is 182 Å². The molecule has 2 aromatic carbocycles. The first-order valence-corrected chi connectivity index (χ1v) is 10.9. The SMILES string of the molecule is CCOC(=O)c1c(-c2ccccc2)oc2cc(NC(C)=O)cc(CN3CCCCC3)c12. The van der Waals surface area contributed by atoms with Gasteiger partial charge in [-0.3, -0.25) is 9.69 Å². The van der Waals surface area contributed by atoms with E-state index in [1.165, 1.54) is 26.2 Å². The van der Waals surface area contributed by atoms with Gasteiger partial charge in [0.1, 0.15) is 16.9 Å². The first-order chi connectivity index (χ1) is 15.1. The quantitative estimate of drug-likeness (QED) is 0.554. The van der Waals surface area contributed by atoms with Gasteiger partial charge in [-0.2, -0.15) is 0 Å². The second-order valence-electron chi connectivity index (χ2n) is 7.92. The number of nitrogens with one attached hydrogen (secondary N) is 1. The summed E-state index contributed by atoms with van der Waals surface area (Å²) in [7, 11) is 0. The molecule has 0 atom stereocenters. The number of anilines is 1. The minimum absolute atomic E-state index is 0.149. The maximum absolute atomic E-state index is 13.1. The van der Waals surface area contributed by atoms with E-state index < -0.39 is 5.97 Å². The fourth-order valence-corrected chi connectivity index (χ4v) is 4.26. The van der Waals surface area contributed by atoms with Gasteiger partial charge in [-0.1, -0.05) is 36.8 Å². The van der Waals surface area contributed by atoms with E-state index in [1.54, 1.807) is 13.0 Å². The van der Waals surface area contributed by atoms with Crippen molar-refractivity contribution in [2.45, 2.75) is 39.7 Å². The first-order valence-electron chi connectivity index (χ1n) is 10.9. The van der Waals surface area contributed by atoms with E-state index in [4.69, 9.17) is 9.15 Å². The number of benzene rings is 2. The molecule has 31 heavy (non-hydrogen) atoms. The van der Waals surface area contributed by atoms with Crippen LogP contribution in [0.5, 0.6) is 0 Å². The lowest BCUT2D eigenvalue weighted by atomic mass is 10.00. The molecule has 0 radical (unpaired) electrons. The number of carbonyl (C=O) groups is 2. The number of amides is 1. The summed E-state index contributed by atoms with van der Waals surface area (Å²) in [6, 6.07) is 13.3. The molecule has 0 saturated carbocycles. The van der Waals surface area contributed by atoms with Crippen molar-refractivity contribution in [1.29, 1.82) is 0 Å². The molecule has 6 heteroatoms. The number of rotatable bonds is 6. The highest BCUT2D eigenvalue weighted by Gasteiger charge is 2.27. The van der Waals surface area contributed by atoms with Crippen LogP contribution < -0.4 is 5.32 Å². The Morgan fingerprint density at radius 2 is 1.84 bits per heavy atom. The van der Waals surface area contributed by atoms with Gasteiger partial charge in [0.05, 0.1) is 6.61 Å². The molecule has 1 amide bonds. The number of fused-ring (bicyclic) bond motifs is 1. The fraction of sp³-hybridized carbons (Fsp3) is 0.360. The minimum Gasteiger partial charge on any atom is -0.462 e. The second-order valence-corrected chi connectivity index (χ2v) is 7.92. The largest absolute Gasteiger partial charge is 0.462 e. The van der Waals surface area contributed by atoms with E-state index in [-0.39, 0.29) is 12.5 Å². The normalized spacial score (nSPS) is 14.5. The second kappa shape index (κ2) is 9.35. The smallest absolute Gasteiger partial charge is 0.342 e. The Bertz CT molecular complexity index is 1080. The highest BCUT2D eigenvalue weighted by Crippen LogP contribution is 2.38. The van der Waals surface area contributed by atoms with Crippen LogP contribution in [0, 0.1) is 0 Å². The lowest BCUT2D eigenvalue weighted by molar-refractivity contribution is -0.114. The summed E-state index contributed by atoms with van der Waals surface area (Å²) in [5.41, 5.74) is 3.45. The van der Waals surface area contributed by atoms with Crippen LogP contribution in [0.4, 0.5) is 5.69 Å². The standard InChI is InChI=1S/C25H28N2O4/c1-3-30-25(29)23-22-19(16-27-12-8-5-9-13-27)14-20(26-17(2)28)15-21(22)31-24(23)18-10-6-4-7-11-18/h4,6-7,10-11,14-15H,3,5,8-9,12-13,16H2,1-2H3,(H,26,28). The molecule has 1 N–H and O–H groups in total. The zero-order valence-corrected chi connectivity index (χ0v) is 18.1. The van der Waals surface area contributed by atoms with E-state index >= 15 is 0 Å². The van der Waals surface area contributed by atoms with Gasteiger partial charge in [0.15, 0.2) is 0 Å². The molecular formula is C25H28N2O4. The van der Waals surface area contributed by atoms with Gasteiger partial charge in [0.2, 0.25) is 5.91 Å². The van der Waals surface area contributed by atoms with E-state index in [0.29, 0.717) is 29.1 Å². The summed E-state index contributed by atoms with van der Waals surface area (Å²) in [6.45, 7) is 6.28. The molecule has 0 aliphatic carbocycles. The fourth-order valence-electron chi connectivity index (χ4n) is 4.26. The molecular weight excluding hydrogens is 392 g/mol. The maximum Gasteiger partial charge on any atom is 0.342 e. The summed E-state index contributed by atoms with van der Waals surface area (Å²) in [5, 5.41) is 3.62. The number of hydrogen-bond donors (Lipinski definition) is 1. The van der Waals surface area contributed by atoms with Crippen molar-refractivity contribution < 1.29 is 18.7 Å². The Kier molecular flexibility index (Phi) is 6.37. The average molecular weight is 421 g/mol. The number of nitrogens with zero attached hydrogens (tertiary/aromatic N) is 1. The summed E-state index contributed by atoms with van der Waals surface area (Å²) in [5.74, 6) is -0.0510. The van der Waals surface area contributed by atoms with Crippen LogP contribution in [0.25, 0.3) is 22.3 Å².